The van der Waals surface area contributed by atoms with Gasteiger partial charge in [0, 0.05) is 0 Å². The fourth-order valence-electron chi connectivity index (χ4n) is 2.15. The van der Waals surface area contributed by atoms with Gasteiger partial charge in [-0.15, -0.1) is 0 Å². The first-order chi connectivity index (χ1) is 7.79. The molecule has 1 aliphatic heterocycles. The van der Waals surface area contributed by atoms with E-state index in [-0.39, 0.29) is 22.7 Å². The minimum atomic E-state index is -0.580. The fourth-order valence-corrected chi connectivity index (χ4v) is 2.78. The average Bonchev–Trinajstić information content (AvgIpc) is 2.44. The van der Waals surface area contributed by atoms with Crippen molar-refractivity contribution >= 4 is 27.9 Å². The van der Waals surface area contributed by atoms with Gasteiger partial charge in [-0.05, 0) is 27.2 Å². The number of hydrogen-bond donors (Lipinski definition) is 0. The van der Waals surface area contributed by atoms with Crippen LogP contribution < -0.4 is 0 Å². The number of likely N-dealkylation sites (tertiary alicyclic amines) is 1. The van der Waals surface area contributed by atoms with Crippen LogP contribution in [0, 0.1) is 5.92 Å². The number of nitrogens with zero attached hydrogens (tertiary/aromatic N) is 1. The van der Waals surface area contributed by atoms with Crippen molar-refractivity contribution < 1.29 is 14.3 Å². The first-order valence-electron chi connectivity index (χ1n) is 5.68. The lowest BCUT2D eigenvalue weighted by molar-refractivity contribution is -0.129. The van der Waals surface area contributed by atoms with E-state index in [9.17, 15) is 9.59 Å². The van der Waals surface area contributed by atoms with E-state index in [0.29, 0.717) is 6.42 Å². The number of rotatable bonds is 0. The summed E-state index contributed by atoms with van der Waals surface area (Å²) in [6.07, 6.45) is 3.94. The lowest BCUT2D eigenvalue weighted by Crippen LogP contribution is -2.45. The van der Waals surface area contributed by atoms with E-state index in [4.69, 9.17) is 4.74 Å². The number of alkyl halides is 1. The van der Waals surface area contributed by atoms with Crippen molar-refractivity contribution in [2.45, 2.75) is 43.7 Å². The van der Waals surface area contributed by atoms with Gasteiger partial charge in [0.05, 0.1) is 16.8 Å². The quantitative estimate of drug-likeness (QED) is 0.510. The van der Waals surface area contributed by atoms with Gasteiger partial charge in [-0.3, -0.25) is 4.79 Å². The number of hydrogen-bond acceptors (Lipinski definition) is 3. The molecule has 0 radical (unpaired) electrons. The highest BCUT2D eigenvalue weighted by molar-refractivity contribution is 9.09. The second-order valence-corrected chi connectivity index (χ2v) is 6.48. The zero-order chi connectivity index (χ0) is 12.8. The molecule has 17 heavy (non-hydrogen) atoms. The highest BCUT2D eigenvalue weighted by Gasteiger charge is 2.48. The Morgan fingerprint density at radius 1 is 1.47 bits per heavy atom. The number of ether oxygens (including phenoxy) is 1. The summed E-state index contributed by atoms with van der Waals surface area (Å²) in [6, 6.07) is -0.118. The number of carbonyl (C=O) groups is 2. The van der Waals surface area contributed by atoms with Crippen LogP contribution in [0.4, 0.5) is 4.79 Å². The third-order valence-electron chi connectivity index (χ3n) is 2.87. The second kappa shape index (κ2) is 4.12. The van der Waals surface area contributed by atoms with Crippen LogP contribution in [0.15, 0.2) is 12.2 Å². The summed E-state index contributed by atoms with van der Waals surface area (Å²) in [5, 5.41) is 0. The van der Waals surface area contributed by atoms with Crippen molar-refractivity contribution in [1.82, 2.24) is 4.90 Å². The molecule has 2 aliphatic rings. The van der Waals surface area contributed by atoms with Crippen LogP contribution in [0.5, 0.6) is 0 Å². The molecular weight excluding hydrogens is 286 g/mol. The Bertz CT molecular complexity index is 386. The number of carbonyl (C=O) groups excluding carboxylic acids is 2. The van der Waals surface area contributed by atoms with Crippen molar-refractivity contribution in [3.05, 3.63) is 12.2 Å². The van der Waals surface area contributed by atoms with E-state index in [2.05, 4.69) is 15.9 Å². The Labute approximate surface area is 109 Å². The third kappa shape index (κ3) is 2.39. The molecule has 2 bridgehead atoms. The maximum atomic E-state index is 12.0. The molecule has 1 aliphatic carbocycles. The van der Waals surface area contributed by atoms with Crippen LogP contribution >= 0.6 is 15.9 Å². The molecule has 0 spiro atoms. The summed E-state index contributed by atoms with van der Waals surface area (Å²) < 4.78 is 5.27. The maximum absolute atomic E-state index is 12.0. The lowest BCUT2D eigenvalue weighted by Gasteiger charge is -2.28. The minimum Gasteiger partial charge on any atom is -0.443 e. The standard InChI is InChI=1S/C12H16BrNO3/c1-12(2,3)17-11(16)14-9-6-7(10(14)15)4-5-8(9)13/h4-5,7-9H,6H2,1-3H3/t7?,8-,9+/m0/s1. The van der Waals surface area contributed by atoms with Gasteiger partial charge >= 0.3 is 6.09 Å². The van der Waals surface area contributed by atoms with Crippen LogP contribution in [-0.4, -0.2) is 33.4 Å². The lowest BCUT2D eigenvalue weighted by atomic mass is 9.97. The van der Waals surface area contributed by atoms with Gasteiger partial charge < -0.3 is 4.74 Å². The largest absolute Gasteiger partial charge is 0.443 e. The molecule has 4 nitrogen and oxygen atoms in total. The van der Waals surface area contributed by atoms with Crippen molar-refractivity contribution in [3.8, 4) is 0 Å². The van der Waals surface area contributed by atoms with Gasteiger partial charge in [-0.25, -0.2) is 9.69 Å². The molecule has 1 unspecified atom stereocenters. The molecule has 0 saturated carbocycles. The zero-order valence-corrected chi connectivity index (χ0v) is 11.7. The van der Waals surface area contributed by atoms with E-state index in [1.165, 1.54) is 4.90 Å². The van der Waals surface area contributed by atoms with E-state index in [0.717, 1.165) is 0 Å². The Morgan fingerprint density at radius 2 is 2.12 bits per heavy atom. The van der Waals surface area contributed by atoms with E-state index in [1.54, 1.807) is 20.8 Å². The first-order valence-corrected chi connectivity index (χ1v) is 6.59. The molecule has 0 aromatic carbocycles. The summed E-state index contributed by atoms with van der Waals surface area (Å²) >= 11 is 3.47. The van der Waals surface area contributed by atoms with Crippen molar-refractivity contribution in [3.63, 3.8) is 0 Å². The summed E-state index contributed by atoms with van der Waals surface area (Å²) in [4.78, 5) is 25.3. The summed E-state index contributed by atoms with van der Waals surface area (Å²) in [6.45, 7) is 5.38. The minimum absolute atomic E-state index is 0.0257. The molecule has 5 heteroatoms. The molecule has 0 N–H and O–H groups in total. The summed E-state index contributed by atoms with van der Waals surface area (Å²) in [7, 11) is 0. The van der Waals surface area contributed by atoms with E-state index in [1.807, 2.05) is 12.2 Å². The smallest absolute Gasteiger partial charge is 0.417 e. The van der Waals surface area contributed by atoms with Crippen molar-refractivity contribution in [2.75, 3.05) is 0 Å². The van der Waals surface area contributed by atoms with Gasteiger partial charge in [0.1, 0.15) is 5.60 Å². The molecule has 2 amide bonds. The van der Waals surface area contributed by atoms with Gasteiger partial charge in [0.25, 0.3) is 0 Å². The van der Waals surface area contributed by atoms with Crippen molar-refractivity contribution in [1.29, 1.82) is 0 Å². The second-order valence-electron chi connectivity index (χ2n) is 5.43. The molecule has 3 atom stereocenters. The predicted molar refractivity (Wildman–Crippen MR) is 66.8 cm³/mol. The molecule has 0 aromatic heterocycles. The van der Waals surface area contributed by atoms with E-state index >= 15 is 0 Å². The van der Waals surface area contributed by atoms with Crippen molar-refractivity contribution in [2.24, 2.45) is 5.92 Å². The molecule has 1 saturated heterocycles. The van der Waals surface area contributed by atoms with Crippen LogP contribution in [0.3, 0.4) is 0 Å². The summed E-state index contributed by atoms with van der Waals surface area (Å²) in [5.74, 6) is -0.316. The highest BCUT2D eigenvalue weighted by atomic mass is 79.9. The maximum Gasteiger partial charge on any atom is 0.417 e. The molecule has 0 aromatic rings. The number of fused-ring (bicyclic) bond motifs is 2. The monoisotopic (exact) mass is 301 g/mol. The predicted octanol–water partition coefficient (Wildman–Crippen LogP) is 2.47. The molecule has 94 valence electrons. The van der Waals surface area contributed by atoms with E-state index < -0.39 is 11.7 Å². The summed E-state index contributed by atoms with van der Waals surface area (Å²) in [5.41, 5.74) is -0.580. The van der Waals surface area contributed by atoms with Gasteiger partial charge in [-0.1, -0.05) is 28.1 Å². The molecule has 2 rings (SSSR count). The fraction of sp³-hybridized carbons (Fsp3) is 0.667. The van der Waals surface area contributed by atoms with Crippen LogP contribution in [-0.2, 0) is 9.53 Å². The van der Waals surface area contributed by atoms with Crippen LogP contribution in [0.25, 0.3) is 0 Å². The Kier molecular flexibility index (Phi) is 3.06. The van der Waals surface area contributed by atoms with Gasteiger partial charge in [-0.2, -0.15) is 0 Å². The number of halogens is 1. The Morgan fingerprint density at radius 3 is 2.71 bits per heavy atom. The molecular formula is C12H16BrNO3. The third-order valence-corrected chi connectivity index (χ3v) is 3.78. The van der Waals surface area contributed by atoms with Crippen LogP contribution in [0.1, 0.15) is 27.2 Å². The average molecular weight is 302 g/mol. The Hall–Kier alpha value is -0.840. The SMILES string of the molecule is CC(C)(C)OC(=O)N1C(=O)C2C=C[C@H](Br)[C@H]1C2. The topological polar surface area (TPSA) is 46.6 Å². The van der Waals surface area contributed by atoms with Gasteiger partial charge in [0.15, 0.2) is 0 Å². The highest BCUT2D eigenvalue weighted by Crippen LogP contribution is 2.36. The molecule has 1 fully saturated rings. The first kappa shape index (κ1) is 12.6. The number of amides is 2. The van der Waals surface area contributed by atoms with Gasteiger partial charge in [0.2, 0.25) is 5.91 Å². The Balaban J connectivity index is 2.17. The molecule has 1 heterocycles. The van der Waals surface area contributed by atoms with Crippen LogP contribution in [0.2, 0.25) is 0 Å². The normalized spacial score (nSPS) is 31.9. The number of imide groups is 1. The zero-order valence-electron chi connectivity index (χ0n) is 10.1.